The SMILES string of the molecule is Cc1c(C2CCN(C3CC(OC4CCN(C(=O)OC(C)(C)C)CC4)C3)CC2)ccc2c1C(=O)N(C1CCC(=O)NC1=O)C2=O. The Kier molecular flexibility index (Phi) is 8.30. The summed E-state index contributed by atoms with van der Waals surface area (Å²) < 4.78 is 11.9. The molecule has 0 aromatic heterocycles. The summed E-state index contributed by atoms with van der Waals surface area (Å²) in [6, 6.07) is 3.29. The van der Waals surface area contributed by atoms with Crippen LogP contribution in [0.15, 0.2) is 12.1 Å². The Labute approximate surface area is 258 Å². The zero-order chi connectivity index (χ0) is 31.3. The molecule has 1 saturated carbocycles. The van der Waals surface area contributed by atoms with E-state index in [0.29, 0.717) is 36.2 Å². The Balaban J connectivity index is 0.978. The molecule has 1 N–H and O–H groups in total. The summed E-state index contributed by atoms with van der Waals surface area (Å²) in [7, 11) is 0. The van der Waals surface area contributed by atoms with Crippen LogP contribution in [0.3, 0.4) is 0 Å². The van der Waals surface area contributed by atoms with Crippen molar-refractivity contribution in [3.05, 3.63) is 34.4 Å². The Morgan fingerprint density at radius 3 is 2.20 bits per heavy atom. The van der Waals surface area contributed by atoms with E-state index in [4.69, 9.17) is 9.47 Å². The minimum Gasteiger partial charge on any atom is -0.444 e. The molecule has 0 radical (unpaired) electrons. The molecular weight excluding hydrogens is 564 g/mol. The molecule has 4 fully saturated rings. The number of hydrogen-bond acceptors (Lipinski definition) is 8. The van der Waals surface area contributed by atoms with Crippen molar-refractivity contribution in [1.82, 2.24) is 20.0 Å². The maximum absolute atomic E-state index is 13.4. The van der Waals surface area contributed by atoms with Gasteiger partial charge < -0.3 is 19.3 Å². The number of rotatable bonds is 5. The van der Waals surface area contributed by atoms with E-state index in [2.05, 4.69) is 10.2 Å². The van der Waals surface area contributed by atoms with Gasteiger partial charge in [0.15, 0.2) is 0 Å². The molecule has 1 aliphatic carbocycles. The number of carbonyl (C=O) groups excluding carboxylic acids is 5. The van der Waals surface area contributed by atoms with Gasteiger partial charge in [0, 0.05) is 25.6 Å². The number of imide groups is 2. The number of nitrogens with one attached hydrogen (secondary N) is 1. The van der Waals surface area contributed by atoms with Crippen molar-refractivity contribution in [2.45, 2.75) is 115 Å². The van der Waals surface area contributed by atoms with Crippen LogP contribution in [0, 0.1) is 6.92 Å². The standard InChI is InChI=1S/C33H44N4O7/c1-19-24(5-6-25-28(19)31(41)37(30(25)40)26-7-8-27(38)34-29(26)39)20-9-13-35(14-10-20)21-17-23(18-21)43-22-11-15-36(16-12-22)32(42)44-33(2,3)4/h5-6,20-23,26H,7-18H2,1-4H3,(H,34,38,39). The molecule has 5 amide bonds. The lowest BCUT2D eigenvalue weighted by molar-refractivity contribution is -0.136. The van der Waals surface area contributed by atoms with Gasteiger partial charge in [-0.3, -0.25) is 29.4 Å². The average Bonchev–Trinajstić information content (AvgIpc) is 3.20. The van der Waals surface area contributed by atoms with Gasteiger partial charge in [-0.2, -0.15) is 0 Å². The van der Waals surface area contributed by atoms with E-state index >= 15 is 0 Å². The van der Waals surface area contributed by atoms with Crippen LogP contribution >= 0.6 is 0 Å². The molecule has 4 aliphatic heterocycles. The number of nitrogens with zero attached hydrogens (tertiary/aromatic N) is 3. The third kappa shape index (κ3) is 6.00. The first-order valence-electron chi connectivity index (χ1n) is 16.1. The highest BCUT2D eigenvalue weighted by molar-refractivity contribution is 6.24. The van der Waals surface area contributed by atoms with Crippen LogP contribution in [-0.4, -0.2) is 100 Å². The number of amides is 5. The van der Waals surface area contributed by atoms with Crippen molar-refractivity contribution >= 4 is 29.7 Å². The lowest BCUT2D eigenvalue weighted by atomic mass is 9.81. The summed E-state index contributed by atoms with van der Waals surface area (Å²) in [5, 5.41) is 2.26. The minimum absolute atomic E-state index is 0.107. The third-order valence-corrected chi connectivity index (χ3v) is 9.94. The Hall–Kier alpha value is -3.31. The van der Waals surface area contributed by atoms with Crippen molar-refractivity contribution in [3.8, 4) is 0 Å². The molecule has 6 rings (SSSR count). The van der Waals surface area contributed by atoms with Crippen LogP contribution in [0.1, 0.15) is 110 Å². The minimum atomic E-state index is -0.952. The summed E-state index contributed by atoms with van der Waals surface area (Å²) >= 11 is 0. The van der Waals surface area contributed by atoms with E-state index in [-0.39, 0.29) is 37.0 Å². The molecule has 11 heteroatoms. The summed E-state index contributed by atoms with van der Waals surface area (Å²) in [5.74, 6) is -1.57. The zero-order valence-corrected chi connectivity index (χ0v) is 26.2. The Morgan fingerprint density at radius 2 is 1.57 bits per heavy atom. The van der Waals surface area contributed by atoms with E-state index in [0.717, 1.165) is 67.6 Å². The molecule has 1 unspecified atom stereocenters. The number of ether oxygens (including phenoxy) is 2. The molecule has 1 aromatic rings. The first-order valence-corrected chi connectivity index (χ1v) is 16.1. The van der Waals surface area contributed by atoms with Gasteiger partial charge in [-0.1, -0.05) is 6.07 Å². The first kappa shape index (κ1) is 30.7. The van der Waals surface area contributed by atoms with Crippen molar-refractivity contribution in [1.29, 1.82) is 0 Å². The lowest BCUT2D eigenvalue weighted by Crippen LogP contribution is -2.54. The summed E-state index contributed by atoms with van der Waals surface area (Å²) in [6.45, 7) is 10.8. The first-order chi connectivity index (χ1) is 20.9. The largest absolute Gasteiger partial charge is 0.444 e. The maximum Gasteiger partial charge on any atom is 0.410 e. The normalized spacial score (nSPS) is 27.3. The van der Waals surface area contributed by atoms with Gasteiger partial charge >= 0.3 is 6.09 Å². The molecule has 44 heavy (non-hydrogen) atoms. The third-order valence-electron chi connectivity index (χ3n) is 9.94. The van der Waals surface area contributed by atoms with Gasteiger partial charge in [0.05, 0.1) is 23.3 Å². The molecule has 4 heterocycles. The molecule has 11 nitrogen and oxygen atoms in total. The van der Waals surface area contributed by atoms with Gasteiger partial charge in [0.2, 0.25) is 11.8 Å². The van der Waals surface area contributed by atoms with Crippen LogP contribution in [0.5, 0.6) is 0 Å². The second kappa shape index (κ2) is 11.9. The highest BCUT2D eigenvalue weighted by Gasteiger charge is 2.46. The van der Waals surface area contributed by atoms with Gasteiger partial charge in [-0.15, -0.1) is 0 Å². The van der Waals surface area contributed by atoms with E-state index in [1.807, 2.05) is 33.8 Å². The highest BCUT2D eigenvalue weighted by Crippen LogP contribution is 2.39. The van der Waals surface area contributed by atoms with Crippen molar-refractivity contribution in [2.75, 3.05) is 26.2 Å². The van der Waals surface area contributed by atoms with E-state index in [9.17, 15) is 24.0 Å². The van der Waals surface area contributed by atoms with Crippen molar-refractivity contribution < 1.29 is 33.4 Å². The van der Waals surface area contributed by atoms with Crippen LogP contribution in [0.4, 0.5) is 4.79 Å². The molecular formula is C33H44N4O7. The predicted octanol–water partition coefficient (Wildman–Crippen LogP) is 3.52. The van der Waals surface area contributed by atoms with Crippen LogP contribution < -0.4 is 5.32 Å². The molecule has 5 aliphatic rings. The van der Waals surface area contributed by atoms with Gasteiger partial charge in [0.25, 0.3) is 11.8 Å². The van der Waals surface area contributed by atoms with Gasteiger partial charge in [-0.25, -0.2) is 4.79 Å². The van der Waals surface area contributed by atoms with E-state index in [1.54, 1.807) is 11.0 Å². The van der Waals surface area contributed by atoms with Gasteiger partial charge in [0.1, 0.15) is 11.6 Å². The molecule has 238 valence electrons. The number of carbonyl (C=O) groups is 5. The van der Waals surface area contributed by atoms with Crippen LogP contribution in [0.2, 0.25) is 0 Å². The van der Waals surface area contributed by atoms with Gasteiger partial charge in [-0.05, 0) is 109 Å². The monoisotopic (exact) mass is 608 g/mol. The molecule has 1 aromatic carbocycles. The van der Waals surface area contributed by atoms with Crippen LogP contribution in [0.25, 0.3) is 0 Å². The number of fused-ring (bicyclic) bond motifs is 1. The quantitative estimate of drug-likeness (QED) is 0.504. The lowest BCUT2D eigenvalue weighted by Gasteiger charge is -2.47. The Morgan fingerprint density at radius 1 is 0.886 bits per heavy atom. The molecule has 0 bridgehead atoms. The number of hydrogen-bond donors (Lipinski definition) is 1. The topological polar surface area (TPSA) is 126 Å². The summed E-state index contributed by atoms with van der Waals surface area (Å²) in [5.41, 5.74) is 2.18. The van der Waals surface area contributed by atoms with E-state index < -0.39 is 29.4 Å². The number of piperidine rings is 3. The number of likely N-dealkylation sites (tertiary alicyclic amines) is 2. The summed E-state index contributed by atoms with van der Waals surface area (Å²) in [6.07, 6.45) is 6.16. The molecule has 3 saturated heterocycles. The number of benzene rings is 1. The maximum atomic E-state index is 13.4. The molecule has 1 atom stereocenters. The predicted molar refractivity (Wildman–Crippen MR) is 160 cm³/mol. The molecule has 0 spiro atoms. The Bertz CT molecular complexity index is 1350. The fraction of sp³-hybridized carbons (Fsp3) is 0.667. The smallest absolute Gasteiger partial charge is 0.410 e. The van der Waals surface area contributed by atoms with Crippen LogP contribution in [-0.2, 0) is 19.1 Å². The second-order valence-electron chi connectivity index (χ2n) is 14.0. The average molecular weight is 609 g/mol. The summed E-state index contributed by atoms with van der Waals surface area (Å²) in [4.78, 5) is 68.4. The fourth-order valence-corrected chi connectivity index (χ4v) is 7.47. The highest BCUT2D eigenvalue weighted by atomic mass is 16.6. The van der Waals surface area contributed by atoms with Crippen molar-refractivity contribution in [2.24, 2.45) is 0 Å². The zero-order valence-electron chi connectivity index (χ0n) is 26.2. The second-order valence-corrected chi connectivity index (χ2v) is 14.0. The fourth-order valence-electron chi connectivity index (χ4n) is 7.47. The van der Waals surface area contributed by atoms with E-state index in [1.165, 1.54) is 0 Å². The van der Waals surface area contributed by atoms with Crippen molar-refractivity contribution in [3.63, 3.8) is 0 Å².